The van der Waals surface area contributed by atoms with Gasteiger partial charge in [-0.25, -0.2) is 9.97 Å². The molecule has 0 radical (unpaired) electrons. The summed E-state index contributed by atoms with van der Waals surface area (Å²) in [6, 6.07) is 8.28. The molecule has 0 spiro atoms. The Balaban J connectivity index is 2.22. The van der Waals surface area contributed by atoms with Crippen LogP contribution < -0.4 is 11.1 Å². The van der Waals surface area contributed by atoms with Crippen molar-refractivity contribution in [2.45, 2.75) is 20.3 Å². The largest absolute Gasteiger partial charge is 0.383 e. The second kappa shape index (κ2) is 4.82. The Bertz CT molecular complexity index is 505. The van der Waals surface area contributed by atoms with E-state index < -0.39 is 0 Å². The van der Waals surface area contributed by atoms with E-state index >= 15 is 0 Å². The first kappa shape index (κ1) is 11.4. The minimum Gasteiger partial charge on any atom is -0.383 e. The first-order valence-electron chi connectivity index (χ1n) is 5.63. The number of hydrogen-bond acceptors (Lipinski definition) is 4. The van der Waals surface area contributed by atoms with Crippen molar-refractivity contribution < 1.29 is 0 Å². The fourth-order valence-corrected chi connectivity index (χ4v) is 1.55. The smallest absolute Gasteiger partial charge is 0.138 e. The van der Waals surface area contributed by atoms with Crippen molar-refractivity contribution in [1.82, 2.24) is 9.97 Å². The number of rotatable bonds is 3. The molecule has 0 aliphatic heterocycles. The van der Waals surface area contributed by atoms with E-state index in [1.54, 1.807) is 0 Å². The minimum absolute atomic E-state index is 0.507. The first-order chi connectivity index (χ1) is 8.20. The minimum atomic E-state index is 0.507. The van der Waals surface area contributed by atoms with Gasteiger partial charge in [0.05, 0.1) is 0 Å². The molecule has 2 rings (SSSR count). The molecule has 0 unspecified atom stereocenters. The van der Waals surface area contributed by atoms with E-state index in [0.717, 1.165) is 23.5 Å². The van der Waals surface area contributed by atoms with Crippen LogP contribution in [0.3, 0.4) is 0 Å². The predicted molar refractivity (Wildman–Crippen MR) is 70.3 cm³/mol. The Hall–Kier alpha value is -2.10. The summed E-state index contributed by atoms with van der Waals surface area (Å²) in [6.45, 7) is 4.04. The van der Waals surface area contributed by atoms with Gasteiger partial charge < -0.3 is 11.1 Å². The Morgan fingerprint density at radius 1 is 1.18 bits per heavy atom. The van der Waals surface area contributed by atoms with Gasteiger partial charge in [-0.3, -0.25) is 0 Å². The summed E-state index contributed by atoms with van der Waals surface area (Å²) in [5.74, 6) is 1.26. The van der Waals surface area contributed by atoms with Crippen LogP contribution in [0, 0.1) is 6.92 Å². The van der Waals surface area contributed by atoms with Crippen molar-refractivity contribution in [3.05, 3.63) is 41.7 Å². The molecule has 0 saturated carbocycles. The Morgan fingerprint density at radius 3 is 2.53 bits per heavy atom. The topological polar surface area (TPSA) is 63.8 Å². The van der Waals surface area contributed by atoms with Gasteiger partial charge in [-0.2, -0.15) is 0 Å². The van der Waals surface area contributed by atoms with Crippen LogP contribution in [0.1, 0.15) is 18.1 Å². The number of nitrogens with one attached hydrogen (secondary N) is 1. The molecule has 0 atom stereocenters. The molecule has 88 valence electrons. The van der Waals surface area contributed by atoms with Gasteiger partial charge in [0.15, 0.2) is 0 Å². The molecule has 0 fully saturated rings. The molecule has 17 heavy (non-hydrogen) atoms. The van der Waals surface area contributed by atoms with E-state index in [9.17, 15) is 0 Å². The molecule has 1 heterocycles. The summed E-state index contributed by atoms with van der Waals surface area (Å²) in [4.78, 5) is 8.11. The summed E-state index contributed by atoms with van der Waals surface area (Å²) >= 11 is 0. The lowest BCUT2D eigenvalue weighted by molar-refractivity contribution is 1.13. The standard InChI is InChI=1S/C13H16N4/c1-3-10-4-6-11(7-5-10)17-13-9(2)12(14)15-8-16-13/h4-8H,3H2,1-2H3,(H3,14,15,16,17). The number of benzene rings is 1. The Morgan fingerprint density at radius 2 is 1.88 bits per heavy atom. The van der Waals surface area contributed by atoms with Crippen molar-refractivity contribution in [2.75, 3.05) is 11.1 Å². The third kappa shape index (κ3) is 2.53. The number of nitrogens with two attached hydrogens (primary N) is 1. The zero-order valence-corrected chi connectivity index (χ0v) is 10.1. The molecule has 1 aromatic carbocycles. The third-order valence-electron chi connectivity index (χ3n) is 2.75. The van der Waals surface area contributed by atoms with Gasteiger partial charge in [0, 0.05) is 11.3 Å². The third-order valence-corrected chi connectivity index (χ3v) is 2.75. The van der Waals surface area contributed by atoms with E-state index in [1.807, 2.05) is 19.1 Å². The summed E-state index contributed by atoms with van der Waals surface area (Å²) in [5.41, 5.74) is 8.91. The summed E-state index contributed by atoms with van der Waals surface area (Å²) in [7, 11) is 0. The molecule has 0 aliphatic rings. The number of nitrogens with zero attached hydrogens (tertiary/aromatic N) is 2. The van der Waals surface area contributed by atoms with Gasteiger partial charge in [0.2, 0.25) is 0 Å². The van der Waals surface area contributed by atoms with Crippen molar-refractivity contribution >= 4 is 17.3 Å². The molecular formula is C13H16N4. The highest BCUT2D eigenvalue weighted by Gasteiger charge is 2.03. The highest BCUT2D eigenvalue weighted by atomic mass is 15.0. The Kier molecular flexibility index (Phi) is 3.23. The maximum atomic E-state index is 5.73. The normalized spacial score (nSPS) is 10.2. The van der Waals surface area contributed by atoms with Gasteiger partial charge >= 0.3 is 0 Å². The van der Waals surface area contributed by atoms with Crippen LogP contribution in [0.15, 0.2) is 30.6 Å². The molecule has 0 bridgehead atoms. The van der Waals surface area contributed by atoms with E-state index in [1.165, 1.54) is 11.9 Å². The lowest BCUT2D eigenvalue weighted by Gasteiger charge is -2.09. The van der Waals surface area contributed by atoms with Crippen molar-refractivity contribution in [3.8, 4) is 0 Å². The van der Waals surface area contributed by atoms with E-state index in [2.05, 4.69) is 34.3 Å². The fraction of sp³-hybridized carbons (Fsp3) is 0.231. The highest BCUT2D eigenvalue weighted by Crippen LogP contribution is 2.20. The van der Waals surface area contributed by atoms with Crippen LogP contribution in [0.5, 0.6) is 0 Å². The summed E-state index contributed by atoms with van der Waals surface area (Å²) in [5, 5.41) is 3.23. The zero-order chi connectivity index (χ0) is 12.3. The molecule has 2 aromatic rings. The second-order valence-electron chi connectivity index (χ2n) is 3.91. The van der Waals surface area contributed by atoms with Gasteiger partial charge in [-0.1, -0.05) is 19.1 Å². The van der Waals surface area contributed by atoms with Crippen LogP contribution in [-0.4, -0.2) is 9.97 Å². The molecule has 4 nitrogen and oxygen atoms in total. The lowest BCUT2D eigenvalue weighted by Crippen LogP contribution is -2.01. The van der Waals surface area contributed by atoms with E-state index in [0.29, 0.717) is 5.82 Å². The monoisotopic (exact) mass is 228 g/mol. The Labute approximate surface area is 101 Å². The highest BCUT2D eigenvalue weighted by molar-refractivity contribution is 5.63. The molecule has 0 aliphatic carbocycles. The van der Waals surface area contributed by atoms with Gasteiger partial charge in [0.25, 0.3) is 0 Å². The van der Waals surface area contributed by atoms with Crippen molar-refractivity contribution in [3.63, 3.8) is 0 Å². The molecular weight excluding hydrogens is 212 g/mol. The predicted octanol–water partition coefficient (Wildman–Crippen LogP) is 2.67. The summed E-state index contributed by atoms with van der Waals surface area (Å²) in [6.07, 6.45) is 2.50. The molecule has 3 N–H and O–H groups in total. The first-order valence-corrected chi connectivity index (χ1v) is 5.63. The van der Waals surface area contributed by atoms with Crippen LogP contribution in [0.2, 0.25) is 0 Å². The molecule has 4 heteroatoms. The second-order valence-corrected chi connectivity index (χ2v) is 3.91. The van der Waals surface area contributed by atoms with Crippen LogP contribution in [-0.2, 0) is 6.42 Å². The average Bonchev–Trinajstić information content (AvgIpc) is 2.36. The number of hydrogen-bond donors (Lipinski definition) is 2. The molecule has 1 aromatic heterocycles. The number of aryl methyl sites for hydroxylation is 1. The van der Waals surface area contributed by atoms with E-state index in [4.69, 9.17) is 5.73 Å². The van der Waals surface area contributed by atoms with Gasteiger partial charge in [0.1, 0.15) is 18.0 Å². The maximum Gasteiger partial charge on any atom is 0.138 e. The number of aromatic nitrogens is 2. The number of anilines is 3. The quantitative estimate of drug-likeness (QED) is 0.847. The molecule has 0 saturated heterocycles. The SMILES string of the molecule is CCc1ccc(Nc2ncnc(N)c2C)cc1. The van der Waals surface area contributed by atoms with Gasteiger partial charge in [-0.15, -0.1) is 0 Å². The maximum absolute atomic E-state index is 5.73. The fourth-order valence-electron chi connectivity index (χ4n) is 1.55. The average molecular weight is 228 g/mol. The van der Waals surface area contributed by atoms with Crippen LogP contribution in [0.25, 0.3) is 0 Å². The molecule has 0 amide bonds. The zero-order valence-electron chi connectivity index (χ0n) is 10.1. The lowest BCUT2D eigenvalue weighted by atomic mass is 10.1. The van der Waals surface area contributed by atoms with Crippen LogP contribution >= 0.6 is 0 Å². The van der Waals surface area contributed by atoms with E-state index in [-0.39, 0.29) is 0 Å². The van der Waals surface area contributed by atoms with Crippen molar-refractivity contribution in [1.29, 1.82) is 0 Å². The summed E-state index contributed by atoms with van der Waals surface area (Å²) < 4.78 is 0. The van der Waals surface area contributed by atoms with Gasteiger partial charge in [-0.05, 0) is 31.0 Å². The number of nitrogen functional groups attached to an aromatic ring is 1. The van der Waals surface area contributed by atoms with Crippen molar-refractivity contribution in [2.24, 2.45) is 0 Å². The van der Waals surface area contributed by atoms with Crippen LogP contribution in [0.4, 0.5) is 17.3 Å².